The van der Waals surface area contributed by atoms with Crippen LogP contribution in [0.3, 0.4) is 0 Å². The Hall–Kier alpha value is -1.04. The van der Waals surface area contributed by atoms with Crippen LogP contribution in [-0.4, -0.2) is 41.7 Å². The van der Waals surface area contributed by atoms with Gasteiger partial charge in [0.05, 0.1) is 6.10 Å². The summed E-state index contributed by atoms with van der Waals surface area (Å²) >= 11 is 0. The molecule has 1 saturated carbocycles. The van der Waals surface area contributed by atoms with E-state index in [4.69, 9.17) is 0 Å². The van der Waals surface area contributed by atoms with E-state index in [2.05, 4.69) is 10.2 Å². The molecule has 1 aliphatic carbocycles. The first-order valence-corrected chi connectivity index (χ1v) is 7.24. The Morgan fingerprint density at radius 1 is 1.30 bits per heavy atom. The highest BCUT2D eigenvalue weighted by Crippen LogP contribution is 2.29. The first-order chi connectivity index (χ1) is 9.63. The molecule has 2 unspecified atom stereocenters. The number of aliphatic hydroxyl groups excluding tert-OH is 1. The maximum Gasteiger partial charge on any atom is 0.131 e. The average Bonchev–Trinajstić information content (AvgIpc) is 3.15. The molecule has 2 N–H and O–H groups in total. The summed E-state index contributed by atoms with van der Waals surface area (Å²) in [5, 5.41) is 13.3. The van der Waals surface area contributed by atoms with Crippen LogP contribution >= 0.6 is 0 Å². The SMILES string of the molecule is OC(CNC1CCN(C2CC2)C1)c1ccc(F)cc1F. The number of hydrogen-bond donors (Lipinski definition) is 2. The van der Waals surface area contributed by atoms with Gasteiger partial charge in [-0.3, -0.25) is 4.90 Å². The first kappa shape index (κ1) is 13.9. The fraction of sp³-hybridized carbons (Fsp3) is 0.600. The van der Waals surface area contributed by atoms with Crippen molar-refractivity contribution >= 4 is 0 Å². The van der Waals surface area contributed by atoms with E-state index in [-0.39, 0.29) is 5.56 Å². The number of aliphatic hydroxyl groups is 1. The predicted octanol–water partition coefficient (Wildman–Crippen LogP) is 1.82. The summed E-state index contributed by atoms with van der Waals surface area (Å²) in [6.45, 7) is 2.40. The molecule has 5 heteroatoms. The maximum atomic E-state index is 13.5. The van der Waals surface area contributed by atoms with Gasteiger partial charge in [0.25, 0.3) is 0 Å². The fourth-order valence-corrected chi connectivity index (χ4v) is 2.89. The van der Waals surface area contributed by atoms with E-state index in [1.54, 1.807) is 0 Å². The molecule has 1 heterocycles. The summed E-state index contributed by atoms with van der Waals surface area (Å²) in [6.07, 6.45) is 2.73. The minimum absolute atomic E-state index is 0.149. The van der Waals surface area contributed by atoms with Crippen molar-refractivity contribution in [2.45, 2.75) is 37.5 Å². The average molecular weight is 282 g/mol. The third-order valence-corrected chi connectivity index (χ3v) is 4.20. The van der Waals surface area contributed by atoms with Crippen molar-refractivity contribution in [2.75, 3.05) is 19.6 Å². The molecule has 1 aliphatic heterocycles. The van der Waals surface area contributed by atoms with Crippen LogP contribution < -0.4 is 5.32 Å². The minimum atomic E-state index is -0.939. The van der Waals surface area contributed by atoms with Crippen LogP contribution in [0.2, 0.25) is 0 Å². The van der Waals surface area contributed by atoms with Crippen LogP contribution in [0.15, 0.2) is 18.2 Å². The Bertz CT molecular complexity index is 479. The number of nitrogens with zero attached hydrogens (tertiary/aromatic N) is 1. The van der Waals surface area contributed by atoms with E-state index in [9.17, 15) is 13.9 Å². The molecular weight excluding hydrogens is 262 g/mol. The molecular formula is C15H20F2N2O. The molecule has 2 aliphatic rings. The van der Waals surface area contributed by atoms with Gasteiger partial charge in [-0.25, -0.2) is 8.78 Å². The Morgan fingerprint density at radius 2 is 2.10 bits per heavy atom. The van der Waals surface area contributed by atoms with Crippen molar-refractivity contribution in [1.29, 1.82) is 0 Å². The maximum absolute atomic E-state index is 13.5. The van der Waals surface area contributed by atoms with Gasteiger partial charge in [0, 0.05) is 43.3 Å². The fourth-order valence-electron chi connectivity index (χ4n) is 2.89. The second-order valence-electron chi connectivity index (χ2n) is 5.80. The van der Waals surface area contributed by atoms with Gasteiger partial charge < -0.3 is 10.4 Å². The molecule has 0 amide bonds. The molecule has 0 aromatic heterocycles. The summed E-state index contributed by atoms with van der Waals surface area (Å²) in [5.41, 5.74) is 0.149. The molecule has 0 spiro atoms. The van der Waals surface area contributed by atoms with Gasteiger partial charge in [-0.05, 0) is 25.3 Å². The summed E-state index contributed by atoms with van der Waals surface area (Å²) in [6, 6.07) is 4.41. The molecule has 1 aromatic rings. The Kier molecular flexibility index (Phi) is 4.01. The normalized spacial score (nSPS) is 25.1. The van der Waals surface area contributed by atoms with E-state index in [1.165, 1.54) is 25.0 Å². The minimum Gasteiger partial charge on any atom is -0.387 e. The van der Waals surface area contributed by atoms with Crippen LogP contribution in [-0.2, 0) is 0 Å². The van der Waals surface area contributed by atoms with Crippen molar-refractivity contribution in [3.05, 3.63) is 35.4 Å². The standard InChI is InChI=1S/C15H20F2N2O/c16-10-1-4-13(14(17)7-10)15(20)8-18-11-5-6-19(9-11)12-2-3-12/h1,4,7,11-12,15,18,20H,2-3,5-6,8-9H2. The van der Waals surface area contributed by atoms with Gasteiger partial charge in [0.15, 0.2) is 0 Å². The van der Waals surface area contributed by atoms with E-state index >= 15 is 0 Å². The van der Waals surface area contributed by atoms with Crippen LogP contribution in [0.25, 0.3) is 0 Å². The molecule has 1 saturated heterocycles. The van der Waals surface area contributed by atoms with Crippen molar-refractivity contribution in [3.8, 4) is 0 Å². The molecule has 0 radical (unpaired) electrons. The molecule has 3 nitrogen and oxygen atoms in total. The number of benzene rings is 1. The largest absolute Gasteiger partial charge is 0.387 e. The third kappa shape index (κ3) is 3.16. The molecule has 20 heavy (non-hydrogen) atoms. The van der Waals surface area contributed by atoms with Gasteiger partial charge in [0.2, 0.25) is 0 Å². The van der Waals surface area contributed by atoms with Crippen LogP contribution in [0.4, 0.5) is 8.78 Å². The smallest absolute Gasteiger partial charge is 0.131 e. The molecule has 2 atom stereocenters. The number of halogens is 2. The Labute approximate surface area is 117 Å². The third-order valence-electron chi connectivity index (χ3n) is 4.20. The zero-order valence-electron chi connectivity index (χ0n) is 11.4. The molecule has 1 aromatic carbocycles. The van der Waals surface area contributed by atoms with Gasteiger partial charge in [-0.15, -0.1) is 0 Å². The monoisotopic (exact) mass is 282 g/mol. The highest BCUT2D eigenvalue weighted by Gasteiger charge is 2.34. The topological polar surface area (TPSA) is 35.5 Å². The van der Waals surface area contributed by atoms with E-state index in [0.29, 0.717) is 12.6 Å². The van der Waals surface area contributed by atoms with E-state index in [1.807, 2.05) is 0 Å². The first-order valence-electron chi connectivity index (χ1n) is 7.24. The van der Waals surface area contributed by atoms with Gasteiger partial charge >= 0.3 is 0 Å². The predicted molar refractivity (Wildman–Crippen MR) is 72.3 cm³/mol. The lowest BCUT2D eigenvalue weighted by Crippen LogP contribution is -2.36. The zero-order chi connectivity index (χ0) is 14.1. The van der Waals surface area contributed by atoms with Crippen molar-refractivity contribution in [3.63, 3.8) is 0 Å². The number of nitrogens with one attached hydrogen (secondary N) is 1. The lowest BCUT2D eigenvalue weighted by atomic mass is 10.1. The Morgan fingerprint density at radius 3 is 2.80 bits per heavy atom. The highest BCUT2D eigenvalue weighted by atomic mass is 19.1. The number of hydrogen-bond acceptors (Lipinski definition) is 3. The molecule has 110 valence electrons. The summed E-state index contributed by atoms with van der Waals surface area (Å²) in [4.78, 5) is 2.47. The van der Waals surface area contributed by atoms with Gasteiger partial charge in [0.1, 0.15) is 11.6 Å². The second kappa shape index (κ2) is 5.76. The second-order valence-corrected chi connectivity index (χ2v) is 5.80. The quantitative estimate of drug-likeness (QED) is 0.865. The summed E-state index contributed by atoms with van der Waals surface area (Å²) in [5.74, 6) is -1.31. The van der Waals surface area contributed by atoms with Crippen molar-refractivity contribution in [1.82, 2.24) is 10.2 Å². The van der Waals surface area contributed by atoms with Gasteiger partial charge in [-0.1, -0.05) is 6.07 Å². The molecule has 3 rings (SSSR count). The van der Waals surface area contributed by atoms with Crippen molar-refractivity contribution in [2.24, 2.45) is 0 Å². The molecule has 2 fully saturated rings. The van der Waals surface area contributed by atoms with Crippen LogP contribution in [0.1, 0.15) is 30.9 Å². The highest BCUT2D eigenvalue weighted by molar-refractivity contribution is 5.21. The number of likely N-dealkylation sites (tertiary alicyclic amines) is 1. The Balaban J connectivity index is 1.50. The molecule has 0 bridgehead atoms. The van der Waals surface area contributed by atoms with Crippen molar-refractivity contribution < 1.29 is 13.9 Å². The lowest BCUT2D eigenvalue weighted by Gasteiger charge is -2.18. The van der Waals surface area contributed by atoms with Gasteiger partial charge in [-0.2, -0.15) is 0 Å². The van der Waals surface area contributed by atoms with E-state index in [0.717, 1.165) is 31.6 Å². The van der Waals surface area contributed by atoms with Crippen LogP contribution in [0.5, 0.6) is 0 Å². The summed E-state index contributed by atoms with van der Waals surface area (Å²) < 4.78 is 26.4. The number of rotatable bonds is 5. The van der Waals surface area contributed by atoms with E-state index < -0.39 is 17.7 Å². The summed E-state index contributed by atoms with van der Waals surface area (Å²) in [7, 11) is 0. The lowest BCUT2D eigenvalue weighted by molar-refractivity contribution is 0.165. The zero-order valence-corrected chi connectivity index (χ0v) is 11.4. The van der Waals surface area contributed by atoms with Crippen LogP contribution in [0, 0.1) is 11.6 Å².